The van der Waals surface area contributed by atoms with Crippen molar-refractivity contribution in [1.82, 2.24) is 14.8 Å². The van der Waals surface area contributed by atoms with Gasteiger partial charge in [-0.3, -0.25) is 9.67 Å². The number of aromatic amines is 1. The molecule has 1 N–H and O–H groups in total. The van der Waals surface area contributed by atoms with Crippen molar-refractivity contribution in [3.05, 3.63) is 33.3 Å². The highest BCUT2D eigenvalue weighted by Crippen LogP contribution is 2.40. The molecule has 0 spiro atoms. The van der Waals surface area contributed by atoms with Crippen LogP contribution in [0, 0.1) is 4.77 Å². The number of halogens is 1. The minimum Gasteiger partial charge on any atom is -0.496 e. The molecule has 0 amide bonds. The average Bonchev–Trinajstić information content (AvgIpc) is 3.13. The summed E-state index contributed by atoms with van der Waals surface area (Å²) in [5.41, 5.74) is 1.00. The number of nitrogens with one attached hydrogen (secondary N) is 1. The zero-order valence-corrected chi connectivity index (χ0v) is 12.2. The molecular weight excluding hydrogens is 314 g/mol. The lowest BCUT2D eigenvalue weighted by molar-refractivity contribution is 0.412. The highest BCUT2D eigenvalue weighted by atomic mass is 79.9. The van der Waals surface area contributed by atoms with Crippen LogP contribution in [-0.4, -0.2) is 21.9 Å². The summed E-state index contributed by atoms with van der Waals surface area (Å²) in [4.78, 5) is 0. The second-order valence-electron chi connectivity index (χ2n) is 4.32. The fourth-order valence-corrected chi connectivity index (χ4v) is 2.74. The zero-order chi connectivity index (χ0) is 12.7. The predicted octanol–water partition coefficient (Wildman–Crippen LogP) is 3.58. The molecule has 0 atom stereocenters. The van der Waals surface area contributed by atoms with Gasteiger partial charge in [-0.25, -0.2) is 0 Å². The molecule has 1 fully saturated rings. The van der Waals surface area contributed by atoms with Crippen molar-refractivity contribution in [3.8, 4) is 11.4 Å². The largest absolute Gasteiger partial charge is 0.496 e. The standard InChI is InChI=1S/C12H12BrN3OS/c1-17-10-5-4-8(6-9(10)13)16-11(7-2-3-7)14-15-12(16)18/h4-7H,2-3H2,1H3,(H,15,18). The Labute approximate surface area is 118 Å². The zero-order valence-electron chi connectivity index (χ0n) is 9.81. The number of methoxy groups -OCH3 is 1. The number of nitrogens with zero attached hydrogens (tertiary/aromatic N) is 2. The fraction of sp³-hybridized carbons (Fsp3) is 0.333. The van der Waals surface area contributed by atoms with Crippen LogP contribution in [0.5, 0.6) is 5.75 Å². The molecule has 18 heavy (non-hydrogen) atoms. The summed E-state index contributed by atoms with van der Waals surface area (Å²) in [6.07, 6.45) is 2.38. The van der Waals surface area contributed by atoms with Crippen LogP contribution < -0.4 is 4.74 Å². The van der Waals surface area contributed by atoms with E-state index in [0.717, 1.165) is 21.7 Å². The van der Waals surface area contributed by atoms with E-state index in [9.17, 15) is 0 Å². The molecule has 1 aliphatic carbocycles. The lowest BCUT2D eigenvalue weighted by Gasteiger charge is -2.09. The Kier molecular flexibility index (Phi) is 2.99. The molecule has 2 aromatic rings. The number of benzene rings is 1. The Bertz CT molecular complexity index is 645. The highest BCUT2D eigenvalue weighted by molar-refractivity contribution is 9.10. The first-order chi connectivity index (χ1) is 8.70. The van der Waals surface area contributed by atoms with Crippen molar-refractivity contribution in [2.45, 2.75) is 18.8 Å². The van der Waals surface area contributed by atoms with Gasteiger partial charge in [0.25, 0.3) is 0 Å². The maximum Gasteiger partial charge on any atom is 0.199 e. The quantitative estimate of drug-likeness (QED) is 0.877. The van der Waals surface area contributed by atoms with Gasteiger partial charge in [0.15, 0.2) is 4.77 Å². The number of H-pyrrole nitrogens is 1. The Morgan fingerprint density at radius 2 is 2.28 bits per heavy atom. The molecule has 3 rings (SSSR count). The van der Waals surface area contributed by atoms with Crippen LogP contribution in [0.15, 0.2) is 22.7 Å². The molecule has 4 nitrogen and oxygen atoms in total. The highest BCUT2D eigenvalue weighted by Gasteiger charge is 2.29. The molecule has 0 unspecified atom stereocenters. The minimum absolute atomic E-state index is 0.541. The van der Waals surface area contributed by atoms with Crippen LogP contribution >= 0.6 is 28.1 Å². The molecule has 0 bridgehead atoms. The molecule has 1 saturated carbocycles. The third kappa shape index (κ3) is 1.99. The van der Waals surface area contributed by atoms with Crippen molar-refractivity contribution >= 4 is 28.1 Å². The van der Waals surface area contributed by atoms with E-state index in [1.807, 2.05) is 22.8 Å². The van der Waals surface area contributed by atoms with Crippen LogP contribution in [0.25, 0.3) is 5.69 Å². The summed E-state index contributed by atoms with van der Waals surface area (Å²) in [5.74, 6) is 2.37. The monoisotopic (exact) mass is 325 g/mol. The van der Waals surface area contributed by atoms with Crippen LogP contribution in [-0.2, 0) is 0 Å². The molecule has 0 radical (unpaired) electrons. The van der Waals surface area contributed by atoms with Gasteiger partial charge in [0.05, 0.1) is 17.3 Å². The first kappa shape index (κ1) is 11.9. The molecule has 1 aromatic heterocycles. The van der Waals surface area contributed by atoms with Crippen LogP contribution in [0.4, 0.5) is 0 Å². The topological polar surface area (TPSA) is 42.8 Å². The summed E-state index contributed by atoms with van der Waals surface area (Å²) >= 11 is 8.80. The van der Waals surface area contributed by atoms with Gasteiger partial charge in [-0.1, -0.05) is 0 Å². The fourth-order valence-electron chi connectivity index (χ4n) is 1.97. The Balaban J connectivity index is 2.12. The van der Waals surface area contributed by atoms with E-state index in [1.165, 1.54) is 12.8 Å². The van der Waals surface area contributed by atoms with E-state index in [0.29, 0.717) is 10.7 Å². The van der Waals surface area contributed by atoms with Gasteiger partial charge >= 0.3 is 0 Å². The van der Waals surface area contributed by atoms with Crippen molar-refractivity contribution in [3.63, 3.8) is 0 Å². The number of hydrogen-bond acceptors (Lipinski definition) is 3. The van der Waals surface area contributed by atoms with E-state index < -0.39 is 0 Å². The van der Waals surface area contributed by atoms with Gasteiger partial charge in [0.2, 0.25) is 0 Å². The molecule has 0 aliphatic heterocycles. The van der Waals surface area contributed by atoms with Crippen molar-refractivity contribution < 1.29 is 4.74 Å². The smallest absolute Gasteiger partial charge is 0.199 e. The molecule has 0 saturated heterocycles. The van der Waals surface area contributed by atoms with Gasteiger partial charge in [-0.2, -0.15) is 5.10 Å². The normalized spacial score (nSPS) is 14.8. The van der Waals surface area contributed by atoms with Crippen molar-refractivity contribution in [2.24, 2.45) is 0 Å². The van der Waals surface area contributed by atoms with Gasteiger partial charge in [-0.15, -0.1) is 0 Å². The van der Waals surface area contributed by atoms with Gasteiger partial charge in [0.1, 0.15) is 11.6 Å². The van der Waals surface area contributed by atoms with Crippen LogP contribution in [0.1, 0.15) is 24.6 Å². The van der Waals surface area contributed by atoms with E-state index in [4.69, 9.17) is 17.0 Å². The third-order valence-corrected chi connectivity index (χ3v) is 3.93. The molecule has 6 heteroatoms. The van der Waals surface area contributed by atoms with Crippen molar-refractivity contribution in [2.75, 3.05) is 7.11 Å². The van der Waals surface area contributed by atoms with E-state index >= 15 is 0 Å². The Morgan fingerprint density at radius 1 is 1.50 bits per heavy atom. The Morgan fingerprint density at radius 3 is 2.89 bits per heavy atom. The SMILES string of the molecule is COc1ccc(-n2c(C3CC3)n[nH]c2=S)cc1Br. The van der Waals surface area contributed by atoms with Gasteiger partial charge in [-0.05, 0) is 59.2 Å². The molecule has 1 aromatic carbocycles. The minimum atomic E-state index is 0.541. The molecule has 1 aliphatic rings. The van der Waals surface area contributed by atoms with Crippen LogP contribution in [0.2, 0.25) is 0 Å². The predicted molar refractivity (Wildman–Crippen MR) is 75.0 cm³/mol. The molecule has 1 heterocycles. The first-order valence-corrected chi connectivity index (χ1v) is 6.92. The van der Waals surface area contributed by atoms with E-state index in [-0.39, 0.29) is 0 Å². The summed E-state index contributed by atoms with van der Waals surface area (Å²) in [7, 11) is 1.65. The third-order valence-electron chi connectivity index (χ3n) is 3.03. The number of rotatable bonds is 3. The lowest BCUT2D eigenvalue weighted by Crippen LogP contribution is -2.00. The van der Waals surface area contributed by atoms with E-state index in [2.05, 4.69) is 26.1 Å². The maximum absolute atomic E-state index is 5.30. The summed E-state index contributed by atoms with van der Waals surface area (Å²) in [6, 6.07) is 5.90. The maximum atomic E-state index is 5.30. The second-order valence-corrected chi connectivity index (χ2v) is 5.56. The van der Waals surface area contributed by atoms with Crippen LogP contribution in [0.3, 0.4) is 0 Å². The van der Waals surface area contributed by atoms with E-state index in [1.54, 1.807) is 7.11 Å². The Hall–Kier alpha value is -1.14. The summed E-state index contributed by atoms with van der Waals surface area (Å²) in [5, 5.41) is 7.20. The van der Waals surface area contributed by atoms with Gasteiger partial charge in [0, 0.05) is 5.92 Å². The second kappa shape index (κ2) is 4.51. The molecule has 94 valence electrons. The van der Waals surface area contributed by atoms with Crippen molar-refractivity contribution in [1.29, 1.82) is 0 Å². The first-order valence-electron chi connectivity index (χ1n) is 5.72. The molecular formula is C12H12BrN3OS. The lowest BCUT2D eigenvalue weighted by atomic mass is 10.3. The van der Waals surface area contributed by atoms with Gasteiger partial charge < -0.3 is 4.74 Å². The number of ether oxygens (including phenoxy) is 1. The number of hydrogen-bond donors (Lipinski definition) is 1. The average molecular weight is 326 g/mol. The summed E-state index contributed by atoms with van der Waals surface area (Å²) in [6.45, 7) is 0. The number of aromatic nitrogens is 3. The summed E-state index contributed by atoms with van der Waals surface area (Å²) < 4.78 is 8.77.